The van der Waals surface area contributed by atoms with E-state index in [1.807, 2.05) is 0 Å². The first kappa shape index (κ1) is 16.4. The van der Waals surface area contributed by atoms with Gasteiger partial charge < -0.3 is 9.73 Å². The number of amides is 1. The molecule has 2 rings (SSSR count). The maximum Gasteiger partial charge on any atom is 0.274 e. The summed E-state index contributed by atoms with van der Waals surface area (Å²) >= 11 is 5.02. The van der Waals surface area contributed by atoms with Crippen LogP contribution in [0.2, 0.25) is 0 Å². The van der Waals surface area contributed by atoms with Crippen molar-refractivity contribution in [2.24, 2.45) is 0 Å². The molecule has 2 N–H and O–H groups in total. The van der Waals surface area contributed by atoms with E-state index in [4.69, 9.17) is 16.6 Å². The SMILES string of the molecule is Cc1c(NC(=S)NC(=O)/C=C/c2ccco2)cccc1[N+](=O)[O-]. The lowest BCUT2D eigenvalue weighted by atomic mass is 10.1. The van der Waals surface area contributed by atoms with Crippen LogP contribution in [0.25, 0.3) is 6.08 Å². The highest BCUT2D eigenvalue weighted by Crippen LogP contribution is 2.24. The largest absolute Gasteiger partial charge is 0.465 e. The summed E-state index contributed by atoms with van der Waals surface area (Å²) in [7, 11) is 0. The van der Waals surface area contributed by atoms with Gasteiger partial charge in [-0.05, 0) is 43.4 Å². The molecule has 118 valence electrons. The van der Waals surface area contributed by atoms with Gasteiger partial charge in [0, 0.05) is 12.1 Å². The van der Waals surface area contributed by atoms with Crippen LogP contribution < -0.4 is 10.6 Å². The molecule has 0 unspecified atom stereocenters. The van der Waals surface area contributed by atoms with Crippen molar-refractivity contribution in [1.29, 1.82) is 0 Å². The molecule has 1 amide bonds. The average molecular weight is 331 g/mol. The topological polar surface area (TPSA) is 97.4 Å². The zero-order chi connectivity index (χ0) is 16.8. The van der Waals surface area contributed by atoms with Crippen molar-refractivity contribution in [1.82, 2.24) is 5.32 Å². The van der Waals surface area contributed by atoms with Crippen molar-refractivity contribution >= 4 is 40.7 Å². The number of thiocarbonyl (C=S) groups is 1. The number of benzene rings is 1. The molecule has 0 spiro atoms. The van der Waals surface area contributed by atoms with Gasteiger partial charge in [-0.2, -0.15) is 0 Å². The number of furan rings is 1. The molecule has 0 radical (unpaired) electrons. The molecular weight excluding hydrogens is 318 g/mol. The Hall–Kier alpha value is -3.00. The first-order valence-corrected chi connectivity index (χ1v) is 6.96. The Bertz CT molecular complexity index is 769. The van der Waals surface area contributed by atoms with Crippen LogP contribution in [0.15, 0.2) is 47.1 Å². The second kappa shape index (κ2) is 7.32. The summed E-state index contributed by atoms with van der Waals surface area (Å²) in [6.07, 6.45) is 4.26. The average Bonchev–Trinajstić information content (AvgIpc) is 3.00. The van der Waals surface area contributed by atoms with E-state index in [-0.39, 0.29) is 10.8 Å². The number of nitro benzene ring substituents is 1. The number of carbonyl (C=O) groups is 1. The molecular formula is C15H13N3O4S. The maximum absolute atomic E-state index is 11.7. The second-order valence-corrected chi connectivity index (χ2v) is 4.91. The molecule has 0 aliphatic rings. The Morgan fingerprint density at radius 1 is 1.35 bits per heavy atom. The molecule has 0 fully saturated rings. The van der Waals surface area contributed by atoms with E-state index in [9.17, 15) is 14.9 Å². The van der Waals surface area contributed by atoms with E-state index in [1.54, 1.807) is 25.1 Å². The van der Waals surface area contributed by atoms with Crippen molar-refractivity contribution < 1.29 is 14.1 Å². The lowest BCUT2D eigenvalue weighted by Crippen LogP contribution is -2.33. The number of carbonyl (C=O) groups excluding carboxylic acids is 1. The van der Waals surface area contributed by atoms with E-state index < -0.39 is 10.8 Å². The maximum atomic E-state index is 11.7. The monoisotopic (exact) mass is 331 g/mol. The number of nitro groups is 1. The zero-order valence-electron chi connectivity index (χ0n) is 12.1. The molecule has 0 atom stereocenters. The van der Waals surface area contributed by atoms with Gasteiger partial charge in [-0.1, -0.05) is 6.07 Å². The van der Waals surface area contributed by atoms with Crippen LogP contribution in [0.1, 0.15) is 11.3 Å². The number of hydrogen-bond donors (Lipinski definition) is 2. The van der Waals surface area contributed by atoms with E-state index in [2.05, 4.69) is 10.6 Å². The Balaban J connectivity index is 1.98. The van der Waals surface area contributed by atoms with Crippen molar-refractivity contribution in [3.63, 3.8) is 0 Å². The Kier molecular flexibility index (Phi) is 5.21. The molecule has 0 saturated carbocycles. The molecule has 1 aromatic heterocycles. The van der Waals surface area contributed by atoms with Gasteiger partial charge in [0.05, 0.1) is 22.4 Å². The van der Waals surface area contributed by atoms with Gasteiger partial charge in [0.25, 0.3) is 5.69 Å². The van der Waals surface area contributed by atoms with Crippen LogP contribution in [0.5, 0.6) is 0 Å². The van der Waals surface area contributed by atoms with Crippen LogP contribution in [0.3, 0.4) is 0 Å². The standard InChI is InChI=1S/C15H13N3O4S/c1-10-12(5-2-6-13(10)18(20)21)16-15(23)17-14(19)8-7-11-4-3-9-22-11/h2-9H,1H3,(H2,16,17,19,23)/b8-7+. The van der Waals surface area contributed by atoms with Gasteiger partial charge in [-0.25, -0.2) is 0 Å². The Morgan fingerprint density at radius 3 is 2.78 bits per heavy atom. The van der Waals surface area contributed by atoms with Crippen LogP contribution in [-0.2, 0) is 4.79 Å². The third-order valence-electron chi connectivity index (χ3n) is 2.93. The van der Waals surface area contributed by atoms with Crippen LogP contribution in [-0.4, -0.2) is 15.9 Å². The zero-order valence-corrected chi connectivity index (χ0v) is 12.9. The van der Waals surface area contributed by atoms with Crippen LogP contribution in [0.4, 0.5) is 11.4 Å². The minimum Gasteiger partial charge on any atom is -0.465 e. The summed E-state index contributed by atoms with van der Waals surface area (Å²) in [6, 6.07) is 7.98. The van der Waals surface area contributed by atoms with E-state index >= 15 is 0 Å². The minimum absolute atomic E-state index is 0.0261. The first-order chi connectivity index (χ1) is 11.0. The van der Waals surface area contributed by atoms with E-state index in [0.717, 1.165) is 0 Å². The number of nitrogens with one attached hydrogen (secondary N) is 2. The third-order valence-corrected chi connectivity index (χ3v) is 3.13. The third kappa shape index (κ3) is 4.48. The highest BCUT2D eigenvalue weighted by Gasteiger charge is 2.14. The van der Waals surface area contributed by atoms with E-state index in [1.165, 1.54) is 30.5 Å². The molecule has 7 nitrogen and oxygen atoms in total. The molecule has 1 aromatic carbocycles. The highest BCUT2D eigenvalue weighted by molar-refractivity contribution is 7.80. The fourth-order valence-corrected chi connectivity index (χ4v) is 2.02. The fraction of sp³-hybridized carbons (Fsp3) is 0.0667. The van der Waals surface area contributed by atoms with Crippen molar-refractivity contribution in [2.75, 3.05) is 5.32 Å². The quantitative estimate of drug-likeness (QED) is 0.387. The molecule has 1 heterocycles. The summed E-state index contributed by atoms with van der Waals surface area (Å²) in [5, 5.41) is 16.2. The van der Waals surface area contributed by atoms with Crippen molar-refractivity contribution in [3.8, 4) is 0 Å². The van der Waals surface area contributed by atoms with Crippen molar-refractivity contribution in [3.05, 3.63) is 64.1 Å². The lowest BCUT2D eigenvalue weighted by Gasteiger charge is -2.10. The molecule has 0 saturated heterocycles. The summed E-state index contributed by atoms with van der Waals surface area (Å²) in [5.41, 5.74) is 0.863. The smallest absolute Gasteiger partial charge is 0.274 e. The lowest BCUT2D eigenvalue weighted by molar-refractivity contribution is -0.385. The van der Waals surface area contributed by atoms with Gasteiger partial charge >= 0.3 is 0 Å². The summed E-state index contributed by atoms with van der Waals surface area (Å²) in [6.45, 7) is 1.60. The number of anilines is 1. The highest BCUT2D eigenvalue weighted by atomic mass is 32.1. The number of rotatable bonds is 4. The molecule has 8 heteroatoms. The molecule has 2 aromatic rings. The van der Waals surface area contributed by atoms with Gasteiger partial charge in [-0.3, -0.25) is 20.2 Å². The fourth-order valence-electron chi connectivity index (χ4n) is 1.81. The van der Waals surface area contributed by atoms with Crippen LogP contribution in [0, 0.1) is 17.0 Å². The molecule has 0 aliphatic heterocycles. The van der Waals surface area contributed by atoms with Gasteiger partial charge in [0.15, 0.2) is 5.11 Å². The summed E-state index contributed by atoms with van der Waals surface area (Å²) in [5.74, 6) is 0.0931. The van der Waals surface area contributed by atoms with E-state index in [0.29, 0.717) is 17.0 Å². The normalized spacial score (nSPS) is 10.5. The minimum atomic E-state index is -0.478. The summed E-state index contributed by atoms with van der Waals surface area (Å²) in [4.78, 5) is 22.1. The van der Waals surface area contributed by atoms with Gasteiger partial charge in [0.1, 0.15) is 5.76 Å². The van der Waals surface area contributed by atoms with Gasteiger partial charge in [0.2, 0.25) is 5.91 Å². The predicted molar refractivity (Wildman–Crippen MR) is 89.9 cm³/mol. The predicted octanol–water partition coefficient (Wildman–Crippen LogP) is 3.02. The van der Waals surface area contributed by atoms with Crippen molar-refractivity contribution in [2.45, 2.75) is 6.92 Å². The Morgan fingerprint density at radius 2 is 2.13 bits per heavy atom. The Labute approximate surface area is 137 Å². The number of nitrogens with zero attached hydrogens (tertiary/aromatic N) is 1. The molecule has 0 aliphatic carbocycles. The number of hydrogen-bond acceptors (Lipinski definition) is 5. The second-order valence-electron chi connectivity index (χ2n) is 4.50. The molecule has 23 heavy (non-hydrogen) atoms. The first-order valence-electron chi connectivity index (χ1n) is 6.55. The van der Waals surface area contributed by atoms with Crippen LogP contribution >= 0.6 is 12.2 Å². The molecule has 0 bridgehead atoms. The summed E-state index contributed by atoms with van der Waals surface area (Å²) < 4.78 is 5.06. The van der Waals surface area contributed by atoms with Gasteiger partial charge in [-0.15, -0.1) is 0 Å².